The maximum Gasteiger partial charge on any atom is 0.471 e. The number of amides is 1. The lowest BCUT2D eigenvalue weighted by Crippen LogP contribution is -2.38. The summed E-state index contributed by atoms with van der Waals surface area (Å²) in [6.45, 7) is 1.35. The molecule has 1 atom stereocenters. The highest BCUT2D eigenvalue weighted by Gasteiger charge is 2.39. The first-order valence-electron chi connectivity index (χ1n) is 4.92. The molecule has 0 saturated carbocycles. The first kappa shape index (κ1) is 16.0. The Labute approximate surface area is 119 Å². The van der Waals surface area contributed by atoms with Crippen molar-refractivity contribution in [2.45, 2.75) is 19.1 Å². The quantitative estimate of drug-likeness (QED) is 0.844. The van der Waals surface area contributed by atoms with Crippen LogP contribution in [0.15, 0.2) is 9.85 Å². The summed E-state index contributed by atoms with van der Waals surface area (Å²) in [5.74, 6) is -2.73. The minimum atomic E-state index is -4.97. The van der Waals surface area contributed by atoms with Crippen LogP contribution < -0.4 is 5.32 Å². The number of esters is 1. The van der Waals surface area contributed by atoms with Gasteiger partial charge in [-0.15, -0.1) is 11.3 Å². The number of hydrogen-bond acceptors (Lipinski definition) is 4. The van der Waals surface area contributed by atoms with E-state index in [0.717, 1.165) is 11.3 Å². The van der Waals surface area contributed by atoms with Crippen LogP contribution in [0.3, 0.4) is 0 Å². The molecule has 0 aliphatic heterocycles. The predicted octanol–water partition coefficient (Wildman–Crippen LogP) is 3.04. The fraction of sp³-hybridized carbons (Fsp3) is 0.400. The van der Waals surface area contributed by atoms with Gasteiger partial charge in [0, 0.05) is 5.56 Å². The van der Waals surface area contributed by atoms with E-state index in [1.54, 1.807) is 5.32 Å². The summed E-state index contributed by atoms with van der Waals surface area (Å²) in [5.41, 5.74) is 0.265. The summed E-state index contributed by atoms with van der Waals surface area (Å²) in [6, 6.07) is 0.504. The van der Waals surface area contributed by atoms with Crippen molar-refractivity contribution in [1.82, 2.24) is 5.32 Å². The molecule has 9 heteroatoms. The Bertz CT molecular complexity index is 501. The third-order valence-corrected chi connectivity index (χ3v) is 3.81. The third kappa shape index (κ3) is 3.93. The van der Waals surface area contributed by atoms with Crippen molar-refractivity contribution in [3.63, 3.8) is 0 Å². The number of alkyl halides is 3. The number of carbonyl (C=O) groups is 2. The van der Waals surface area contributed by atoms with E-state index in [4.69, 9.17) is 0 Å². The van der Waals surface area contributed by atoms with E-state index < -0.39 is 24.1 Å². The second-order valence-electron chi connectivity index (χ2n) is 3.52. The average molecular weight is 360 g/mol. The van der Waals surface area contributed by atoms with Crippen LogP contribution >= 0.6 is 27.3 Å². The van der Waals surface area contributed by atoms with Gasteiger partial charge in [0.2, 0.25) is 0 Å². The van der Waals surface area contributed by atoms with Gasteiger partial charge in [-0.05, 0) is 28.9 Å². The van der Waals surface area contributed by atoms with Crippen LogP contribution in [-0.4, -0.2) is 25.2 Å². The van der Waals surface area contributed by atoms with E-state index in [1.165, 1.54) is 20.1 Å². The molecular weight excluding hydrogens is 351 g/mol. The molecule has 0 aliphatic carbocycles. The van der Waals surface area contributed by atoms with Gasteiger partial charge in [0.1, 0.15) is 4.88 Å². The largest absolute Gasteiger partial charge is 0.471 e. The zero-order valence-electron chi connectivity index (χ0n) is 9.80. The topological polar surface area (TPSA) is 55.4 Å². The average Bonchev–Trinajstić information content (AvgIpc) is 2.69. The SMILES string of the molecule is COC(=O)c1sc(Br)cc1C(C)NC(=O)C(F)(F)F. The Kier molecular flexibility index (Phi) is 4.97. The zero-order valence-corrected chi connectivity index (χ0v) is 12.2. The molecular formula is C10H9BrF3NO3S. The van der Waals surface area contributed by atoms with E-state index in [9.17, 15) is 22.8 Å². The van der Waals surface area contributed by atoms with Gasteiger partial charge in [-0.2, -0.15) is 13.2 Å². The highest BCUT2D eigenvalue weighted by molar-refractivity contribution is 9.11. The molecule has 4 nitrogen and oxygen atoms in total. The summed E-state index contributed by atoms with van der Waals surface area (Å²) < 4.78 is 41.5. The fourth-order valence-electron chi connectivity index (χ4n) is 1.30. The van der Waals surface area contributed by atoms with Crippen LogP contribution in [0.2, 0.25) is 0 Å². The summed E-state index contributed by atoms with van der Waals surface area (Å²) in [7, 11) is 1.17. The van der Waals surface area contributed by atoms with Crippen LogP contribution in [0, 0.1) is 0 Å². The van der Waals surface area contributed by atoms with Crippen molar-refractivity contribution >= 4 is 39.1 Å². The molecule has 106 valence electrons. The van der Waals surface area contributed by atoms with Gasteiger partial charge in [-0.1, -0.05) is 0 Å². The van der Waals surface area contributed by atoms with Crippen LogP contribution in [0.1, 0.15) is 28.2 Å². The van der Waals surface area contributed by atoms with E-state index in [0.29, 0.717) is 3.79 Å². The Hall–Kier alpha value is -1.09. The number of carbonyl (C=O) groups excluding carboxylic acids is 2. The molecule has 1 unspecified atom stereocenters. The lowest BCUT2D eigenvalue weighted by Gasteiger charge is -2.15. The predicted molar refractivity (Wildman–Crippen MR) is 66.0 cm³/mol. The van der Waals surface area contributed by atoms with Gasteiger partial charge in [-0.25, -0.2) is 4.79 Å². The zero-order chi connectivity index (χ0) is 14.8. The van der Waals surface area contributed by atoms with Crippen LogP contribution in [0.25, 0.3) is 0 Å². The monoisotopic (exact) mass is 359 g/mol. The van der Waals surface area contributed by atoms with Gasteiger partial charge >= 0.3 is 18.1 Å². The first-order valence-corrected chi connectivity index (χ1v) is 6.53. The summed E-state index contributed by atoms with van der Waals surface area (Å²) in [4.78, 5) is 22.5. The lowest BCUT2D eigenvalue weighted by atomic mass is 10.1. The second-order valence-corrected chi connectivity index (χ2v) is 5.95. The lowest BCUT2D eigenvalue weighted by molar-refractivity contribution is -0.174. The standard InChI is InChI=1S/C10H9BrF3NO3S/c1-4(15-9(17)10(12,13)14)5-3-6(11)19-7(5)8(16)18-2/h3-4H,1-2H3,(H,15,17). The number of ether oxygens (including phenoxy) is 1. The minimum absolute atomic E-state index is 0.143. The highest BCUT2D eigenvalue weighted by Crippen LogP contribution is 2.32. The Balaban J connectivity index is 2.97. The molecule has 1 aromatic heterocycles. The molecule has 1 rings (SSSR count). The van der Waals surface area contributed by atoms with E-state index in [-0.39, 0.29) is 10.4 Å². The minimum Gasteiger partial charge on any atom is -0.465 e. The van der Waals surface area contributed by atoms with E-state index >= 15 is 0 Å². The van der Waals surface area contributed by atoms with Gasteiger partial charge in [0.05, 0.1) is 16.9 Å². The molecule has 1 heterocycles. The molecule has 0 radical (unpaired) electrons. The summed E-state index contributed by atoms with van der Waals surface area (Å²) in [5, 5.41) is 1.78. The smallest absolute Gasteiger partial charge is 0.465 e. The highest BCUT2D eigenvalue weighted by atomic mass is 79.9. The normalized spacial score (nSPS) is 12.9. The summed E-state index contributed by atoms with van der Waals surface area (Å²) in [6.07, 6.45) is -4.97. The number of halogens is 4. The van der Waals surface area contributed by atoms with Gasteiger partial charge < -0.3 is 10.1 Å². The molecule has 19 heavy (non-hydrogen) atoms. The van der Waals surface area contributed by atoms with Crippen molar-refractivity contribution in [2.75, 3.05) is 7.11 Å². The van der Waals surface area contributed by atoms with Crippen LogP contribution in [0.4, 0.5) is 13.2 Å². The number of hydrogen-bond donors (Lipinski definition) is 1. The van der Waals surface area contributed by atoms with E-state index in [1.807, 2.05) is 0 Å². The van der Waals surface area contributed by atoms with Crippen molar-refractivity contribution in [1.29, 1.82) is 0 Å². The number of methoxy groups -OCH3 is 1. The first-order chi connectivity index (χ1) is 8.66. The fourth-order valence-corrected chi connectivity index (χ4v) is 2.94. The van der Waals surface area contributed by atoms with Gasteiger partial charge in [0.15, 0.2) is 0 Å². The van der Waals surface area contributed by atoms with Crippen molar-refractivity contribution < 1.29 is 27.5 Å². The maximum atomic E-state index is 12.1. The van der Waals surface area contributed by atoms with Crippen molar-refractivity contribution in [3.8, 4) is 0 Å². The number of nitrogens with one attached hydrogen (secondary N) is 1. The molecule has 1 N–H and O–H groups in total. The Morgan fingerprint density at radius 2 is 2.05 bits per heavy atom. The molecule has 0 aliphatic rings. The maximum absolute atomic E-state index is 12.1. The van der Waals surface area contributed by atoms with Gasteiger partial charge in [0.25, 0.3) is 0 Å². The summed E-state index contributed by atoms with van der Waals surface area (Å²) >= 11 is 4.15. The third-order valence-electron chi connectivity index (χ3n) is 2.17. The Morgan fingerprint density at radius 1 is 1.47 bits per heavy atom. The number of rotatable bonds is 3. The molecule has 0 bridgehead atoms. The molecule has 0 aromatic carbocycles. The van der Waals surface area contributed by atoms with Gasteiger partial charge in [-0.3, -0.25) is 4.79 Å². The molecule has 0 saturated heterocycles. The molecule has 1 aromatic rings. The second kappa shape index (κ2) is 5.91. The Morgan fingerprint density at radius 3 is 2.53 bits per heavy atom. The van der Waals surface area contributed by atoms with E-state index in [2.05, 4.69) is 20.7 Å². The van der Waals surface area contributed by atoms with Crippen LogP contribution in [0.5, 0.6) is 0 Å². The molecule has 0 spiro atoms. The van der Waals surface area contributed by atoms with Crippen molar-refractivity contribution in [2.24, 2.45) is 0 Å². The molecule has 0 fully saturated rings. The van der Waals surface area contributed by atoms with Crippen molar-refractivity contribution in [3.05, 3.63) is 20.3 Å². The number of thiophene rings is 1. The molecule has 1 amide bonds. The van der Waals surface area contributed by atoms with Crippen LogP contribution in [-0.2, 0) is 9.53 Å².